The highest BCUT2D eigenvalue weighted by atomic mass is 32.1. The molecule has 0 bridgehead atoms. The van der Waals surface area contributed by atoms with Crippen molar-refractivity contribution in [3.63, 3.8) is 0 Å². The lowest BCUT2D eigenvalue weighted by Gasteiger charge is -2.39. The summed E-state index contributed by atoms with van der Waals surface area (Å²) in [5.74, 6) is 1.46. The van der Waals surface area contributed by atoms with Gasteiger partial charge in [0.1, 0.15) is 0 Å². The van der Waals surface area contributed by atoms with Crippen LogP contribution in [0.1, 0.15) is 34.3 Å². The van der Waals surface area contributed by atoms with Crippen LogP contribution in [0.5, 0.6) is 0 Å². The second-order valence-electron chi connectivity index (χ2n) is 6.51. The largest absolute Gasteiger partial charge is 0.356 e. The van der Waals surface area contributed by atoms with Crippen molar-refractivity contribution in [3.05, 3.63) is 38.5 Å². The monoisotopic (exact) mass is 377 g/mol. The van der Waals surface area contributed by atoms with Crippen molar-refractivity contribution in [2.75, 3.05) is 27.2 Å². The fraction of sp³-hybridized carbons (Fsp3) is 0.556. The second kappa shape index (κ2) is 8.78. The Labute approximate surface area is 158 Å². The number of likely N-dealkylation sites (tertiary alicyclic amines) is 1. The lowest BCUT2D eigenvalue weighted by Crippen LogP contribution is -2.44. The van der Waals surface area contributed by atoms with E-state index in [0.717, 1.165) is 24.7 Å². The van der Waals surface area contributed by atoms with Gasteiger partial charge < -0.3 is 10.6 Å². The first kappa shape index (κ1) is 18.4. The van der Waals surface area contributed by atoms with Crippen LogP contribution in [-0.2, 0) is 6.54 Å². The third-order valence-corrected chi connectivity index (χ3v) is 6.74. The molecule has 1 saturated heterocycles. The Kier molecular flexibility index (Phi) is 6.45. The maximum absolute atomic E-state index is 4.38. The SMILES string of the molecule is CN=C(NCc1scnc1C)NCC1CCCN(C)C1c1cccs1. The van der Waals surface area contributed by atoms with E-state index in [2.05, 4.69) is 50.1 Å². The van der Waals surface area contributed by atoms with Crippen LogP contribution in [0.25, 0.3) is 0 Å². The highest BCUT2D eigenvalue weighted by Gasteiger charge is 2.31. The zero-order valence-corrected chi connectivity index (χ0v) is 16.8. The Morgan fingerprint density at radius 2 is 2.28 bits per heavy atom. The number of hydrogen-bond donors (Lipinski definition) is 2. The van der Waals surface area contributed by atoms with Gasteiger partial charge in [0.2, 0.25) is 0 Å². The molecule has 136 valence electrons. The van der Waals surface area contributed by atoms with Crippen molar-refractivity contribution in [3.8, 4) is 0 Å². The van der Waals surface area contributed by atoms with Crippen molar-refractivity contribution >= 4 is 28.6 Å². The molecule has 1 fully saturated rings. The van der Waals surface area contributed by atoms with E-state index in [1.165, 1.54) is 29.1 Å². The van der Waals surface area contributed by atoms with Crippen LogP contribution in [0.2, 0.25) is 0 Å². The summed E-state index contributed by atoms with van der Waals surface area (Å²) in [5.41, 5.74) is 2.99. The number of aromatic nitrogens is 1. The van der Waals surface area contributed by atoms with Gasteiger partial charge in [0.15, 0.2) is 5.96 Å². The molecule has 3 heterocycles. The zero-order valence-electron chi connectivity index (χ0n) is 15.2. The number of hydrogen-bond acceptors (Lipinski definition) is 5. The molecule has 25 heavy (non-hydrogen) atoms. The van der Waals surface area contributed by atoms with Crippen molar-refractivity contribution in [2.45, 2.75) is 32.4 Å². The van der Waals surface area contributed by atoms with Gasteiger partial charge in [0, 0.05) is 29.4 Å². The van der Waals surface area contributed by atoms with Crippen LogP contribution < -0.4 is 10.6 Å². The van der Waals surface area contributed by atoms with E-state index >= 15 is 0 Å². The molecule has 2 aromatic rings. The van der Waals surface area contributed by atoms with E-state index in [9.17, 15) is 0 Å². The van der Waals surface area contributed by atoms with E-state index in [4.69, 9.17) is 0 Å². The quantitative estimate of drug-likeness (QED) is 0.620. The summed E-state index contributed by atoms with van der Waals surface area (Å²) in [6.45, 7) is 4.94. The fourth-order valence-corrected chi connectivity index (χ4v) is 5.19. The van der Waals surface area contributed by atoms with Crippen LogP contribution in [-0.4, -0.2) is 43.0 Å². The maximum atomic E-state index is 4.38. The number of rotatable bonds is 5. The Bertz CT molecular complexity index is 679. The molecule has 1 aliphatic rings. The summed E-state index contributed by atoms with van der Waals surface area (Å²) in [5, 5.41) is 9.13. The van der Waals surface area contributed by atoms with Gasteiger partial charge in [-0.3, -0.25) is 9.89 Å². The van der Waals surface area contributed by atoms with Crippen LogP contribution >= 0.6 is 22.7 Å². The minimum atomic E-state index is 0.503. The highest BCUT2D eigenvalue weighted by molar-refractivity contribution is 7.10. The molecule has 2 atom stereocenters. The van der Waals surface area contributed by atoms with Crippen LogP contribution in [0.4, 0.5) is 0 Å². The first-order valence-electron chi connectivity index (χ1n) is 8.76. The first-order chi connectivity index (χ1) is 12.2. The number of nitrogens with one attached hydrogen (secondary N) is 2. The molecule has 7 heteroatoms. The molecule has 0 aromatic carbocycles. The van der Waals surface area contributed by atoms with Gasteiger partial charge in [-0.25, -0.2) is 4.98 Å². The van der Waals surface area contributed by atoms with E-state index in [0.29, 0.717) is 12.0 Å². The van der Waals surface area contributed by atoms with E-state index in [1.807, 2.05) is 30.8 Å². The second-order valence-corrected chi connectivity index (χ2v) is 8.43. The predicted octanol–water partition coefficient (Wildman–Crippen LogP) is 3.26. The summed E-state index contributed by atoms with van der Waals surface area (Å²) in [6.07, 6.45) is 2.52. The van der Waals surface area contributed by atoms with E-state index in [-0.39, 0.29) is 0 Å². The van der Waals surface area contributed by atoms with Gasteiger partial charge in [0.05, 0.1) is 17.7 Å². The average Bonchev–Trinajstić information content (AvgIpc) is 3.27. The number of aryl methyl sites for hydroxylation is 1. The fourth-order valence-electron chi connectivity index (χ4n) is 3.49. The molecular formula is C18H27N5S2. The molecule has 0 spiro atoms. The molecule has 0 radical (unpaired) electrons. The normalized spacial score (nSPS) is 22.1. The Hall–Kier alpha value is -1.44. The third-order valence-electron chi connectivity index (χ3n) is 4.86. The molecule has 0 aliphatic carbocycles. The van der Waals surface area contributed by atoms with Gasteiger partial charge in [-0.05, 0) is 50.7 Å². The lowest BCUT2D eigenvalue weighted by atomic mass is 9.88. The summed E-state index contributed by atoms with van der Waals surface area (Å²) in [7, 11) is 4.08. The maximum Gasteiger partial charge on any atom is 0.191 e. The van der Waals surface area contributed by atoms with Gasteiger partial charge in [-0.15, -0.1) is 22.7 Å². The molecule has 5 nitrogen and oxygen atoms in total. The van der Waals surface area contributed by atoms with Gasteiger partial charge in [-0.2, -0.15) is 0 Å². The van der Waals surface area contributed by atoms with Gasteiger partial charge >= 0.3 is 0 Å². The molecule has 3 rings (SSSR count). The molecule has 0 saturated carbocycles. The molecule has 2 aromatic heterocycles. The number of thiophene rings is 1. The zero-order chi connectivity index (χ0) is 17.6. The number of guanidine groups is 1. The minimum Gasteiger partial charge on any atom is -0.356 e. The van der Waals surface area contributed by atoms with Crippen LogP contribution in [0, 0.1) is 12.8 Å². The van der Waals surface area contributed by atoms with Crippen molar-refractivity contribution in [2.24, 2.45) is 10.9 Å². The number of thiazole rings is 1. The first-order valence-corrected chi connectivity index (χ1v) is 10.5. The molecule has 1 aliphatic heterocycles. The topological polar surface area (TPSA) is 52.6 Å². The van der Waals surface area contributed by atoms with Crippen molar-refractivity contribution < 1.29 is 0 Å². The minimum absolute atomic E-state index is 0.503. The van der Waals surface area contributed by atoms with Gasteiger partial charge in [-0.1, -0.05) is 6.07 Å². The average molecular weight is 378 g/mol. The summed E-state index contributed by atoms with van der Waals surface area (Å²) in [6, 6.07) is 4.93. The Morgan fingerprint density at radius 1 is 1.40 bits per heavy atom. The summed E-state index contributed by atoms with van der Waals surface area (Å²) >= 11 is 3.55. The number of aliphatic imine (C=N–C) groups is 1. The lowest BCUT2D eigenvalue weighted by molar-refractivity contribution is 0.125. The van der Waals surface area contributed by atoms with Crippen LogP contribution in [0.15, 0.2) is 28.0 Å². The van der Waals surface area contributed by atoms with Gasteiger partial charge in [0.25, 0.3) is 0 Å². The molecule has 2 unspecified atom stereocenters. The Morgan fingerprint density at radius 3 is 2.96 bits per heavy atom. The standard InChI is InChI=1S/C18H27N5S2/c1-13-16(25-12-22-13)11-21-18(19-2)20-10-14-6-4-8-23(3)17(14)15-7-5-9-24-15/h5,7,9,12,14,17H,4,6,8,10-11H2,1-3H3,(H2,19,20,21). The molecule has 2 N–H and O–H groups in total. The number of nitrogens with zero attached hydrogens (tertiary/aromatic N) is 3. The number of piperidine rings is 1. The van der Waals surface area contributed by atoms with Crippen molar-refractivity contribution in [1.82, 2.24) is 20.5 Å². The predicted molar refractivity (Wildman–Crippen MR) is 107 cm³/mol. The molecule has 0 amide bonds. The summed E-state index contributed by atoms with van der Waals surface area (Å²) < 4.78 is 0. The van der Waals surface area contributed by atoms with E-state index < -0.39 is 0 Å². The Balaban J connectivity index is 1.57. The smallest absolute Gasteiger partial charge is 0.191 e. The molecular weight excluding hydrogens is 350 g/mol. The van der Waals surface area contributed by atoms with Crippen molar-refractivity contribution in [1.29, 1.82) is 0 Å². The third kappa shape index (κ3) is 4.59. The van der Waals surface area contributed by atoms with E-state index in [1.54, 1.807) is 11.3 Å². The summed E-state index contributed by atoms with van der Waals surface area (Å²) in [4.78, 5) is 13.9. The highest BCUT2D eigenvalue weighted by Crippen LogP contribution is 2.36. The van der Waals surface area contributed by atoms with Crippen LogP contribution in [0.3, 0.4) is 0 Å².